The quantitative estimate of drug-likeness (QED) is 0.442. The molecule has 0 radical (unpaired) electrons. The van der Waals surface area contributed by atoms with Crippen molar-refractivity contribution in [2.24, 2.45) is 0 Å². The van der Waals surface area contributed by atoms with Crippen LogP contribution in [-0.2, 0) is 5.72 Å². The Morgan fingerprint density at radius 3 is 2.14 bits per heavy atom. The van der Waals surface area contributed by atoms with Crippen LogP contribution in [0.25, 0.3) is 0 Å². The lowest BCUT2D eigenvalue weighted by molar-refractivity contribution is -0.274. The Morgan fingerprint density at radius 2 is 1.58 bits per heavy atom. The normalized spacial score (nSPS) is 20.8. The number of benzene rings is 3. The van der Waals surface area contributed by atoms with Crippen molar-refractivity contribution in [3.05, 3.63) is 88.9 Å². The molecule has 3 aromatic rings. The molecular weight excluding hydrogens is 495 g/mol. The molecule has 36 heavy (non-hydrogen) atoms. The van der Waals surface area contributed by atoms with E-state index in [4.69, 9.17) is 11.6 Å². The summed E-state index contributed by atoms with van der Waals surface area (Å²) in [6, 6.07) is 19.1. The molecule has 0 bridgehead atoms. The largest absolute Gasteiger partial charge is 0.573 e. The highest BCUT2D eigenvalue weighted by molar-refractivity contribution is 6.30. The lowest BCUT2D eigenvalue weighted by Gasteiger charge is -2.52. The van der Waals surface area contributed by atoms with Crippen molar-refractivity contribution in [2.75, 3.05) is 9.80 Å². The lowest BCUT2D eigenvalue weighted by Crippen LogP contribution is -2.63. The number of aliphatic hydroxyl groups is 1. The SMILES string of the molecule is N#Cc1ccc(N2C(=O)N(c3ccc(Cl)cc3)C(O)(c3cccc(OC(F)(F)F)c3)C23CCC3)cc1. The van der Waals surface area contributed by atoms with Crippen molar-refractivity contribution < 1.29 is 27.8 Å². The van der Waals surface area contributed by atoms with Gasteiger partial charge in [-0.25, -0.2) is 4.79 Å². The van der Waals surface area contributed by atoms with E-state index in [1.54, 1.807) is 48.5 Å². The summed E-state index contributed by atoms with van der Waals surface area (Å²) in [6.07, 6.45) is -3.45. The first-order valence-electron chi connectivity index (χ1n) is 11.1. The summed E-state index contributed by atoms with van der Waals surface area (Å²) in [5.74, 6) is -0.511. The molecule has 1 saturated carbocycles. The van der Waals surface area contributed by atoms with Crippen molar-refractivity contribution >= 4 is 29.0 Å². The third-order valence-electron chi connectivity index (χ3n) is 6.77. The van der Waals surface area contributed by atoms with Gasteiger partial charge in [-0.1, -0.05) is 23.7 Å². The molecule has 1 heterocycles. The average Bonchev–Trinajstić information content (AvgIpc) is 3.03. The van der Waals surface area contributed by atoms with Gasteiger partial charge in [-0.15, -0.1) is 13.2 Å². The van der Waals surface area contributed by atoms with Crippen LogP contribution in [0.3, 0.4) is 0 Å². The van der Waals surface area contributed by atoms with Gasteiger partial charge in [0.2, 0.25) is 0 Å². The van der Waals surface area contributed by atoms with E-state index in [1.165, 1.54) is 21.9 Å². The number of carbonyl (C=O) groups is 1. The molecule has 0 aromatic heterocycles. The molecule has 2 fully saturated rings. The summed E-state index contributed by atoms with van der Waals surface area (Å²) in [7, 11) is 0. The molecule has 1 spiro atoms. The molecule has 1 unspecified atom stereocenters. The number of nitrogens with zero attached hydrogens (tertiary/aromatic N) is 3. The third kappa shape index (κ3) is 3.65. The Balaban J connectivity index is 1.72. The van der Waals surface area contributed by atoms with Gasteiger partial charge >= 0.3 is 12.4 Å². The summed E-state index contributed by atoms with van der Waals surface area (Å²) in [5.41, 5.74) is -1.99. The van der Waals surface area contributed by atoms with Crippen LogP contribution < -0.4 is 14.5 Å². The van der Waals surface area contributed by atoms with E-state index in [2.05, 4.69) is 4.74 Å². The fraction of sp³-hybridized carbons (Fsp3) is 0.231. The second-order valence-electron chi connectivity index (χ2n) is 8.72. The molecule has 5 rings (SSSR count). The molecule has 3 aromatic carbocycles. The first-order valence-corrected chi connectivity index (χ1v) is 11.5. The summed E-state index contributed by atoms with van der Waals surface area (Å²) in [5, 5.41) is 22.1. The van der Waals surface area contributed by atoms with Crippen molar-refractivity contribution in [3.8, 4) is 11.8 Å². The Labute approximate surface area is 209 Å². The molecular formula is C26H19ClF3N3O3. The number of urea groups is 1. The number of alkyl halides is 3. The van der Waals surface area contributed by atoms with Crippen LogP contribution in [-0.4, -0.2) is 23.0 Å². The molecule has 1 atom stereocenters. The van der Waals surface area contributed by atoms with E-state index in [9.17, 15) is 28.3 Å². The fourth-order valence-electron chi connectivity index (χ4n) is 5.11. The molecule has 6 nitrogen and oxygen atoms in total. The highest BCUT2D eigenvalue weighted by Gasteiger charge is 2.70. The van der Waals surface area contributed by atoms with E-state index in [-0.39, 0.29) is 5.56 Å². The van der Waals surface area contributed by atoms with Gasteiger partial charge in [0.05, 0.1) is 11.6 Å². The van der Waals surface area contributed by atoms with E-state index < -0.39 is 29.4 Å². The van der Waals surface area contributed by atoms with E-state index in [1.807, 2.05) is 6.07 Å². The van der Waals surface area contributed by atoms with Crippen molar-refractivity contribution in [2.45, 2.75) is 36.9 Å². The van der Waals surface area contributed by atoms with Crippen LogP contribution in [0, 0.1) is 11.3 Å². The molecule has 2 aliphatic rings. The highest BCUT2D eigenvalue weighted by Crippen LogP contribution is 2.59. The van der Waals surface area contributed by atoms with E-state index in [0.717, 1.165) is 12.1 Å². The van der Waals surface area contributed by atoms with Crippen molar-refractivity contribution in [3.63, 3.8) is 0 Å². The van der Waals surface area contributed by atoms with Gasteiger partial charge in [-0.3, -0.25) is 9.80 Å². The first-order chi connectivity index (χ1) is 17.1. The minimum atomic E-state index is -4.93. The number of nitriles is 1. The second-order valence-corrected chi connectivity index (χ2v) is 9.16. The van der Waals surface area contributed by atoms with Crippen molar-refractivity contribution in [1.29, 1.82) is 5.26 Å². The fourth-order valence-corrected chi connectivity index (χ4v) is 5.23. The third-order valence-corrected chi connectivity index (χ3v) is 7.03. The van der Waals surface area contributed by atoms with Gasteiger partial charge in [0.25, 0.3) is 0 Å². The Morgan fingerprint density at radius 1 is 0.972 bits per heavy atom. The number of hydrogen-bond donors (Lipinski definition) is 1. The molecule has 184 valence electrons. The van der Waals surface area contributed by atoms with E-state index >= 15 is 0 Å². The number of halogens is 4. The average molecular weight is 514 g/mol. The second kappa shape index (κ2) is 8.43. The Hall–Kier alpha value is -3.74. The number of rotatable bonds is 4. The van der Waals surface area contributed by atoms with Gasteiger partial charge in [-0.2, -0.15) is 5.26 Å². The minimum Gasteiger partial charge on any atom is -0.406 e. The molecule has 1 N–H and O–H groups in total. The lowest BCUT2D eigenvalue weighted by atomic mass is 9.66. The molecule has 1 saturated heterocycles. The maximum Gasteiger partial charge on any atom is 0.573 e. The number of hydrogen-bond acceptors (Lipinski definition) is 4. The van der Waals surface area contributed by atoms with Crippen LogP contribution in [0.1, 0.15) is 30.4 Å². The highest BCUT2D eigenvalue weighted by atomic mass is 35.5. The van der Waals surface area contributed by atoms with Crippen LogP contribution in [0.2, 0.25) is 5.02 Å². The van der Waals surface area contributed by atoms with E-state index in [0.29, 0.717) is 41.2 Å². The van der Waals surface area contributed by atoms with Gasteiger partial charge < -0.3 is 9.84 Å². The maximum atomic E-state index is 14.0. The van der Waals surface area contributed by atoms with Gasteiger partial charge in [0.15, 0.2) is 5.72 Å². The molecule has 2 amide bonds. The zero-order chi connectivity index (χ0) is 25.7. The van der Waals surface area contributed by atoms with Crippen LogP contribution >= 0.6 is 11.6 Å². The number of amides is 2. The summed E-state index contributed by atoms with van der Waals surface area (Å²) >= 11 is 6.05. The summed E-state index contributed by atoms with van der Waals surface area (Å²) in [6.45, 7) is 0. The predicted molar refractivity (Wildman–Crippen MR) is 127 cm³/mol. The Bertz CT molecular complexity index is 1350. The zero-order valence-corrected chi connectivity index (χ0v) is 19.4. The van der Waals surface area contributed by atoms with Gasteiger partial charge in [-0.05, 0) is 79.9 Å². The van der Waals surface area contributed by atoms with Gasteiger partial charge in [0, 0.05) is 22.0 Å². The zero-order valence-electron chi connectivity index (χ0n) is 18.7. The summed E-state index contributed by atoms with van der Waals surface area (Å²) < 4.78 is 43.0. The first kappa shape index (κ1) is 24.0. The molecule has 1 aliphatic carbocycles. The predicted octanol–water partition coefficient (Wildman–Crippen LogP) is 6.32. The molecule has 1 aliphatic heterocycles. The standard InChI is InChI=1S/C26H19ClF3N3O3/c27-19-7-11-21(12-8-19)33-23(34)32(20-9-5-17(16-31)6-10-20)24(13-2-14-24)25(33,35)18-3-1-4-22(15-18)36-26(28,29)30/h1,3-12,15,35H,2,13-14H2. The maximum absolute atomic E-state index is 14.0. The van der Waals surface area contributed by atoms with Crippen molar-refractivity contribution in [1.82, 2.24) is 0 Å². The number of ether oxygens (including phenoxy) is 1. The summed E-state index contributed by atoms with van der Waals surface area (Å²) in [4.78, 5) is 16.7. The monoisotopic (exact) mass is 513 g/mol. The topological polar surface area (TPSA) is 76.8 Å². The minimum absolute atomic E-state index is 0.0726. The van der Waals surface area contributed by atoms with Gasteiger partial charge in [0.1, 0.15) is 11.3 Å². The number of carbonyl (C=O) groups excluding carboxylic acids is 1. The van der Waals surface area contributed by atoms with Crippen LogP contribution in [0.5, 0.6) is 5.75 Å². The number of anilines is 2. The molecule has 10 heteroatoms. The van der Waals surface area contributed by atoms with Crippen LogP contribution in [0.4, 0.5) is 29.3 Å². The Kier molecular flexibility index (Phi) is 5.62. The van der Waals surface area contributed by atoms with Crippen LogP contribution in [0.15, 0.2) is 72.8 Å². The smallest absolute Gasteiger partial charge is 0.406 e.